The lowest BCUT2D eigenvalue weighted by Crippen LogP contribution is -2.34. The monoisotopic (exact) mass is 309 g/mol. The standard InChI is InChI=1S/C15H20ClN3O2/c1-15(2,3)21-14(20)18-8-7-13(10-17)19-12-6-4-5-11(16)9-12/h4-6,9,13,19H,7-8H2,1-3H3,(H,18,20). The lowest BCUT2D eigenvalue weighted by molar-refractivity contribution is 0.0527. The highest BCUT2D eigenvalue weighted by atomic mass is 35.5. The zero-order valence-corrected chi connectivity index (χ0v) is 13.2. The van der Waals surface area contributed by atoms with Gasteiger partial charge in [-0.1, -0.05) is 17.7 Å². The maximum Gasteiger partial charge on any atom is 0.407 e. The van der Waals surface area contributed by atoms with Gasteiger partial charge in [0.25, 0.3) is 0 Å². The van der Waals surface area contributed by atoms with Crippen LogP contribution < -0.4 is 10.6 Å². The Morgan fingerprint density at radius 2 is 2.19 bits per heavy atom. The fourth-order valence-corrected chi connectivity index (χ4v) is 1.77. The predicted molar refractivity (Wildman–Crippen MR) is 83.3 cm³/mol. The summed E-state index contributed by atoms with van der Waals surface area (Å²) >= 11 is 5.88. The van der Waals surface area contributed by atoms with Gasteiger partial charge in [-0.25, -0.2) is 4.79 Å². The minimum absolute atomic E-state index is 0.348. The van der Waals surface area contributed by atoms with Crippen LogP contribution in [0.5, 0.6) is 0 Å². The van der Waals surface area contributed by atoms with Crippen LogP contribution in [-0.2, 0) is 4.74 Å². The second-order valence-corrected chi connectivity index (χ2v) is 5.99. The van der Waals surface area contributed by atoms with Gasteiger partial charge < -0.3 is 15.4 Å². The second-order valence-electron chi connectivity index (χ2n) is 5.55. The van der Waals surface area contributed by atoms with E-state index in [0.717, 1.165) is 5.69 Å². The molecular weight excluding hydrogens is 290 g/mol. The molecule has 6 heteroatoms. The number of ether oxygens (including phenoxy) is 1. The van der Waals surface area contributed by atoms with Gasteiger partial charge >= 0.3 is 6.09 Å². The molecule has 0 aromatic heterocycles. The lowest BCUT2D eigenvalue weighted by Gasteiger charge is -2.20. The van der Waals surface area contributed by atoms with Crippen molar-refractivity contribution in [2.45, 2.75) is 38.8 Å². The lowest BCUT2D eigenvalue weighted by atomic mass is 10.2. The molecule has 0 aliphatic rings. The van der Waals surface area contributed by atoms with Crippen molar-refractivity contribution in [3.05, 3.63) is 29.3 Å². The molecule has 1 amide bonds. The summed E-state index contributed by atoms with van der Waals surface area (Å²) in [6, 6.07) is 8.87. The summed E-state index contributed by atoms with van der Waals surface area (Å²) in [6.45, 7) is 5.74. The second kappa shape index (κ2) is 7.75. The van der Waals surface area contributed by atoms with Crippen molar-refractivity contribution in [2.75, 3.05) is 11.9 Å². The van der Waals surface area contributed by atoms with Crippen molar-refractivity contribution >= 4 is 23.4 Å². The summed E-state index contributed by atoms with van der Waals surface area (Å²) in [4.78, 5) is 11.5. The topological polar surface area (TPSA) is 74.1 Å². The van der Waals surface area contributed by atoms with E-state index in [-0.39, 0.29) is 0 Å². The third-order valence-electron chi connectivity index (χ3n) is 2.42. The van der Waals surface area contributed by atoms with E-state index >= 15 is 0 Å². The van der Waals surface area contributed by atoms with E-state index in [1.54, 1.807) is 39.0 Å². The smallest absolute Gasteiger partial charge is 0.407 e. The van der Waals surface area contributed by atoms with Crippen molar-refractivity contribution in [1.82, 2.24) is 5.32 Å². The number of benzene rings is 1. The maximum absolute atomic E-state index is 11.5. The van der Waals surface area contributed by atoms with Gasteiger partial charge in [0.05, 0.1) is 6.07 Å². The largest absolute Gasteiger partial charge is 0.444 e. The fourth-order valence-electron chi connectivity index (χ4n) is 1.58. The maximum atomic E-state index is 11.5. The van der Waals surface area contributed by atoms with Crippen LogP contribution in [0.3, 0.4) is 0 Å². The van der Waals surface area contributed by atoms with Crippen LogP contribution in [0.2, 0.25) is 5.02 Å². The third-order valence-corrected chi connectivity index (χ3v) is 2.66. The molecule has 1 aromatic carbocycles. The van der Waals surface area contributed by atoms with Crippen LogP contribution in [0.4, 0.5) is 10.5 Å². The summed E-state index contributed by atoms with van der Waals surface area (Å²) in [6.07, 6.45) is -0.0237. The van der Waals surface area contributed by atoms with E-state index in [4.69, 9.17) is 21.6 Å². The van der Waals surface area contributed by atoms with Gasteiger partial charge in [0.15, 0.2) is 0 Å². The van der Waals surface area contributed by atoms with Gasteiger partial charge in [-0.3, -0.25) is 0 Å². The molecule has 21 heavy (non-hydrogen) atoms. The number of carbonyl (C=O) groups excluding carboxylic acids is 1. The molecule has 0 fully saturated rings. The molecule has 0 aliphatic carbocycles. The van der Waals surface area contributed by atoms with Crippen LogP contribution in [0, 0.1) is 11.3 Å². The Morgan fingerprint density at radius 3 is 2.76 bits per heavy atom. The number of hydrogen-bond acceptors (Lipinski definition) is 4. The molecule has 2 N–H and O–H groups in total. The predicted octanol–water partition coefficient (Wildman–Crippen LogP) is 3.56. The van der Waals surface area contributed by atoms with Crippen molar-refractivity contribution < 1.29 is 9.53 Å². The number of hydrogen-bond donors (Lipinski definition) is 2. The number of anilines is 1. The number of rotatable bonds is 5. The third kappa shape index (κ3) is 7.42. The van der Waals surface area contributed by atoms with Gasteiger partial charge in [-0.05, 0) is 45.4 Å². The first-order valence-electron chi connectivity index (χ1n) is 6.69. The van der Waals surface area contributed by atoms with Gasteiger partial charge in [0.1, 0.15) is 11.6 Å². The number of amides is 1. The molecule has 1 unspecified atom stereocenters. The average Bonchev–Trinajstić information content (AvgIpc) is 2.35. The quantitative estimate of drug-likeness (QED) is 0.872. The number of carbonyl (C=O) groups is 1. The Morgan fingerprint density at radius 1 is 1.48 bits per heavy atom. The Kier molecular flexibility index (Phi) is 6.32. The van der Waals surface area contributed by atoms with Gasteiger partial charge in [-0.15, -0.1) is 0 Å². The van der Waals surface area contributed by atoms with Crippen LogP contribution >= 0.6 is 11.6 Å². The molecule has 0 radical (unpaired) electrons. The SMILES string of the molecule is CC(C)(C)OC(=O)NCCC(C#N)Nc1cccc(Cl)c1. The van der Waals surface area contributed by atoms with Crippen LogP contribution in [0.15, 0.2) is 24.3 Å². The van der Waals surface area contributed by atoms with Crippen LogP contribution in [0.25, 0.3) is 0 Å². The van der Waals surface area contributed by atoms with E-state index < -0.39 is 17.7 Å². The minimum atomic E-state index is -0.530. The first-order chi connectivity index (χ1) is 9.80. The highest BCUT2D eigenvalue weighted by Crippen LogP contribution is 2.16. The number of halogens is 1. The Labute approximate surface area is 130 Å². The molecule has 0 heterocycles. The molecule has 0 saturated heterocycles. The van der Waals surface area contributed by atoms with Gasteiger partial charge in [-0.2, -0.15) is 5.26 Å². The van der Waals surface area contributed by atoms with Crippen LogP contribution in [0.1, 0.15) is 27.2 Å². The summed E-state index contributed by atoms with van der Waals surface area (Å²) in [5.74, 6) is 0. The summed E-state index contributed by atoms with van der Waals surface area (Å²) in [5, 5.41) is 15.4. The van der Waals surface area contributed by atoms with Gasteiger partial charge in [0.2, 0.25) is 0 Å². The van der Waals surface area contributed by atoms with E-state index in [9.17, 15) is 4.79 Å². The fraction of sp³-hybridized carbons (Fsp3) is 0.467. The first kappa shape index (κ1) is 17.1. The van der Waals surface area contributed by atoms with Crippen molar-refractivity contribution in [3.63, 3.8) is 0 Å². The van der Waals surface area contributed by atoms with E-state index in [1.807, 2.05) is 6.07 Å². The molecule has 0 aliphatic heterocycles. The Bertz CT molecular complexity index is 520. The minimum Gasteiger partial charge on any atom is -0.444 e. The first-order valence-corrected chi connectivity index (χ1v) is 7.06. The molecule has 5 nitrogen and oxygen atoms in total. The Hall–Kier alpha value is -1.93. The molecule has 114 valence electrons. The number of nitrogens with one attached hydrogen (secondary N) is 2. The molecule has 1 rings (SSSR count). The van der Waals surface area contributed by atoms with Crippen LogP contribution in [-0.4, -0.2) is 24.3 Å². The molecule has 1 aromatic rings. The zero-order chi connectivity index (χ0) is 15.9. The number of alkyl carbamates (subject to hydrolysis) is 1. The number of nitrogens with zero attached hydrogens (tertiary/aromatic N) is 1. The zero-order valence-electron chi connectivity index (χ0n) is 12.4. The average molecular weight is 310 g/mol. The molecule has 0 saturated carbocycles. The molecule has 0 bridgehead atoms. The highest BCUT2D eigenvalue weighted by molar-refractivity contribution is 6.30. The molecular formula is C15H20ClN3O2. The van der Waals surface area contributed by atoms with Gasteiger partial charge in [0, 0.05) is 17.3 Å². The summed E-state index contributed by atoms with van der Waals surface area (Å²) < 4.78 is 5.12. The Balaban J connectivity index is 2.39. The normalized spacial score (nSPS) is 12.1. The highest BCUT2D eigenvalue weighted by Gasteiger charge is 2.16. The van der Waals surface area contributed by atoms with E-state index in [0.29, 0.717) is 18.0 Å². The van der Waals surface area contributed by atoms with Crippen molar-refractivity contribution in [2.24, 2.45) is 0 Å². The molecule has 0 spiro atoms. The molecule has 1 atom stereocenters. The number of nitriles is 1. The summed E-state index contributed by atoms with van der Waals surface area (Å²) in [7, 11) is 0. The van der Waals surface area contributed by atoms with E-state index in [1.165, 1.54) is 0 Å². The summed E-state index contributed by atoms with van der Waals surface area (Å²) in [5.41, 5.74) is 0.240. The van der Waals surface area contributed by atoms with Crippen molar-refractivity contribution in [1.29, 1.82) is 5.26 Å². The van der Waals surface area contributed by atoms with Crippen molar-refractivity contribution in [3.8, 4) is 6.07 Å². The van der Waals surface area contributed by atoms with E-state index in [2.05, 4.69) is 16.7 Å².